The van der Waals surface area contributed by atoms with Crippen molar-refractivity contribution in [2.24, 2.45) is 0 Å². The number of nitrogens with zero attached hydrogens (tertiary/aromatic N) is 1. The molecule has 1 aromatic rings. The predicted octanol–water partition coefficient (Wildman–Crippen LogP) is 3.15. The summed E-state index contributed by atoms with van der Waals surface area (Å²) in [5.74, 6) is 0.668. The molecule has 2 heterocycles. The van der Waals surface area contributed by atoms with Gasteiger partial charge in [-0.3, -0.25) is 4.79 Å². The van der Waals surface area contributed by atoms with Gasteiger partial charge in [-0.25, -0.2) is 4.79 Å². The molecule has 2 aliphatic rings. The Hall–Kier alpha value is -2.50. The van der Waals surface area contributed by atoms with Crippen molar-refractivity contribution in [1.82, 2.24) is 4.90 Å². The Balaban J connectivity index is 1.57. The summed E-state index contributed by atoms with van der Waals surface area (Å²) in [5.41, 5.74) is 0.795. The molecule has 3 rings (SSSR count). The van der Waals surface area contributed by atoms with E-state index in [0.717, 1.165) is 24.8 Å². The highest BCUT2D eigenvalue weighted by Gasteiger charge is 2.32. The van der Waals surface area contributed by atoms with Gasteiger partial charge in [0.2, 0.25) is 6.79 Å². The van der Waals surface area contributed by atoms with E-state index >= 15 is 0 Å². The van der Waals surface area contributed by atoms with Gasteiger partial charge in [0.1, 0.15) is 0 Å². The van der Waals surface area contributed by atoms with Crippen molar-refractivity contribution in [2.45, 2.75) is 58.2 Å². The van der Waals surface area contributed by atoms with Gasteiger partial charge in [-0.15, -0.1) is 0 Å². The number of likely N-dealkylation sites (tertiary alicyclic amines) is 1. The minimum atomic E-state index is -0.799. The van der Waals surface area contributed by atoms with Gasteiger partial charge in [0.25, 0.3) is 5.91 Å². The SMILES string of the molecule is C[C@@H]1CCC[C@@H](C)N1C(=O)[C@@H](C)OC(=O)/C=C/c1ccc2c(c1)OCO2. The van der Waals surface area contributed by atoms with Crippen LogP contribution in [0.15, 0.2) is 24.3 Å². The van der Waals surface area contributed by atoms with Crippen molar-refractivity contribution in [3.8, 4) is 11.5 Å². The molecule has 26 heavy (non-hydrogen) atoms. The lowest BCUT2D eigenvalue weighted by atomic mass is 9.97. The fourth-order valence-electron chi connectivity index (χ4n) is 3.51. The fraction of sp³-hybridized carbons (Fsp3) is 0.500. The number of carbonyl (C=O) groups excluding carboxylic acids is 2. The lowest BCUT2D eigenvalue weighted by molar-refractivity contribution is -0.158. The molecule has 0 bridgehead atoms. The summed E-state index contributed by atoms with van der Waals surface area (Å²) in [6, 6.07) is 5.76. The third-order valence-corrected chi connectivity index (χ3v) is 4.90. The van der Waals surface area contributed by atoms with E-state index in [1.54, 1.807) is 25.1 Å². The molecular formula is C20H25NO5. The third-order valence-electron chi connectivity index (χ3n) is 4.90. The molecule has 1 amide bonds. The first-order valence-electron chi connectivity index (χ1n) is 9.06. The average Bonchev–Trinajstić information content (AvgIpc) is 3.07. The number of hydrogen-bond donors (Lipinski definition) is 0. The van der Waals surface area contributed by atoms with Crippen molar-refractivity contribution < 1.29 is 23.8 Å². The standard InChI is InChI=1S/C20H25NO5/c1-13-5-4-6-14(2)21(13)20(23)15(3)26-19(22)10-8-16-7-9-17-18(11-16)25-12-24-17/h7-11,13-15H,4-6,12H2,1-3H3/b10-8+/t13-,14-,15-/m1/s1. The fourth-order valence-corrected chi connectivity index (χ4v) is 3.51. The van der Waals surface area contributed by atoms with Gasteiger partial charge in [-0.05, 0) is 63.8 Å². The van der Waals surface area contributed by atoms with E-state index in [1.807, 2.05) is 24.8 Å². The minimum Gasteiger partial charge on any atom is -0.454 e. The van der Waals surface area contributed by atoms with Crippen LogP contribution in [-0.4, -0.2) is 41.8 Å². The minimum absolute atomic E-state index is 0.130. The number of carbonyl (C=O) groups is 2. The first kappa shape index (κ1) is 18.3. The largest absolute Gasteiger partial charge is 0.454 e. The molecule has 1 aromatic carbocycles. The number of benzene rings is 1. The maximum atomic E-state index is 12.7. The number of ether oxygens (including phenoxy) is 3. The Kier molecular flexibility index (Phi) is 5.49. The number of rotatable bonds is 4. The zero-order valence-corrected chi connectivity index (χ0v) is 15.4. The molecule has 6 nitrogen and oxygen atoms in total. The van der Waals surface area contributed by atoms with E-state index in [4.69, 9.17) is 14.2 Å². The summed E-state index contributed by atoms with van der Waals surface area (Å²) >= 11 is 0. The molecule has 2 aliphatic heterocycles. The van der Waals surface area contributed by atoms with Gasteiger partial charge in [0, 0.05) is 18.2 Å². The summed E-state index contributed by atoms with van der Waals surface area (Å²) < 4.78 is 15.9. The van der Waals surface area contributed by atoms with Crippen molar-refractivity contribution in [1.29, 1.82) is 0 Å². The lowest BCUT2D eigenvalue weighted by Crippen LogP contribution is -2.51. The second kappa shape index (κ2) is 7.81. The first-order valence-corrected chi connectivity index (χ1v) is 9.06. The van der Waals surface area contributed by atoms with Crippen LogP contribution < -0.4 is 9.47 Å². The molecule has 0 saturated carbocycles. The van der Waals surface area contributed by atoms with Gasteiger partial charge >= 0.3 is 5.97 Å². The highest BCUT2D eigenvalue weighted by atomic mass is 16.7. The van der Waals surface area contributed by atoms with Gasteiger partial charge < -0.3 is 19.1 Å². The first-order chi connectivity index (χ1) is 12.5. The van der Waals surface area contributed by atoms with Crippen LogP contribution in [0, 0.1) is 0 Å². The summed E-state index contributed by atoms with van der Waals surface area (Å²) in [6.07, 6.45) is 5.25. The zero-order valence-electron chi connectivity index (χ0n) is 15.4. The quantitative estimate of drug-likeness (QED) is 0.610. The molecule has 3 atom stereocenters. The van der Waals surface area contributed by atoms with Gasteiger partial charge in [-0.2, -0.15) is 0 Å². The molecule has 0 radical (unpaired) electrons. The second-order valence-electron chi connectivity index (χ2n) is 6.90. The monoisotopic (exact) mass is 359 g/mol. The van der Waals surface area contributed by atoms with Crippen LogP contribution in [0.4, 0.5) is 0 Å². The molecule has 0 aromatic heterocycles. The number of hydrogen-bond acceptors (Lipinski definition) is 5. The Morgan fingerprint density at radius 3 is 2.62 bits per heavy atom. The average molecular weight is 359 g/mol. The number of fused-ring (bicyclic) bond motifs is 1. The number of amides is 1. The van der Waals surface area contributed by atoms with Gasteiger partial charge in [0.15, 0.2) is 17.6 Å². The molecule has 1 saturated heterocycles. The zero-order chi connectivity index (χ0) is 18.7. The Labute approximate surface area is 153 Å². The molecule has 1 fully saturated rings. The summed E-state index contributed by atoms with van der Waals surface area (Å²) in [6.45, 7) is 5.92. The second-order valence-corrected chi connectivity index (χ2v) is 6.90. The topological polar surface area (TPSA) is 65.1 Å². The van der Waals surface area contributed by atoms with E-state index in [-0.39, 0.29) is 24.8 Å². The van der Waals surface area contributed by atoms with E-state index in [0.29, 0.717) is 11.5 Å². The van der Waals surface area contributed by atoms with Crippen molar-refractivity contribution in [3.63, 3.8) is 0 Å². The van der Waals surface area contributed by atoms with Crippen LogP contribution in [0.2, 0.25) is 0 Å². The van der Waals surface area contributed by atoms with E-state index in [1.165, 1.54) is 6.08 Å². The van der Waals surface area contributed by atoms with E-state index in [9.17, 15) is 9.59 Å². The molecule has 0 N–H and O–H groups in total. The smallest absolute Gasteiger partial charge is 0.331 e. The molecule has 0 unspecified atom stereocenters. The van der Waals surface area contributed by atoms with Crippen LogP contribution >= 0.6 is 0 Å². The number of piperidine rings is 1. The molecule has 0 spiro atoms. The van der Waals surface area contributed by atoms with Gasteiger partial charge in [0.05, 0.1) is 0 Å². The van der Waals surface area contributed by atoms with Crippen molar-refractivity contribution >= 4 is 18.0 Å². The molecule has 0 aliphatic carbocycles. The van der Waals surface area contributed by atoms with Crippen molar-refractivity contribution in [3.05, 3.63) is 29.8 Å². The highest BCUT2D eigenvalue weighted by molar-refractivity contribution is 5.90. The summed E-state index contributed by atoms with van der Waals surface area (Å²) in [7, 11) is 0. The highest BCUT2D eigenvalue weighted by Crippen LogP contribution is 2.32. The molecule has 6 heteroatoms. The molecule has 140 valence electrons. The van der Waals surface area contributed by atoms with Crippen LogP contribution in [0.1, 0.15) is 45.6 Å². The predicted molar refractivity (Wildman–Crippen MR) is 96.8 cm³/mol. The maximum Gasteiger partial charge on any atom is 0.331 e. The van der Waals surface area contributed by atoms with E-state index < -0.39 is 12.1 Å². The normalized spacial score (nSPS) is 23.1. The van der Waals surface area contributed by atoms with Crippen LogP contribution in [0.25, 0.3) is 6.08 Å². The molecular weight excluding hydrogens is 334 g/mol. The summed E-state index contributed by atoms with van der Waals surface area (Å²) in [4.78, 5) is 26.6. The van der Waals surface area contributed by atoms with Crippen molar-refractivity contribution in [2.75, 3.05) is 6.79 Å². The van der Waals surface area contributed by atoms with Crippen LogP contribution in [0.3, 0.4) is 0 Å². The Morgan fingerprint density at radius 2 is 1.88 bits per heavy atom. The van der Waals surface area contributed by atoms with Gasteiger partial charge in [-0.1, -0.05) is 6.07 Å². The third kappa shape index (κ3) is 4.00. The van der Waals surface area contributed by atoms with Crippen LogP contribution in [0.5, 0.6) is 11.5 Å². The maximum absolute atomic E-state index is 12.7. The van der Waals surface area contributed by atoms with Crippen LogP contribution in [-0.2, 0) is 14.3 Å². The summed E-state index contributed by atoms with van der Waals surface area (Å²) in [5, 5.41) is 0. The van der Waals surface area contributed by atoms with E-state index in [2.05, 4.69) is 0 Å². The number of esters is 1. The Morgan fingerprint density at radius 1 is 1.19 bits per heavy atom. The lowest BCUT2D eigenvalue weighted by Gasteiger charge is -2.40. The Bertz CT molecular complexity index is 704.